The summed E-state index contributed by atoms with van der Waals surface area (Å²) in [5.41, 5.74) is 0.240. The van der Waals surface area contributed by atoms with Crippen LogP contribution in [0.5, 0.6) is 11.5 Å². The summed E-state index contributed by atoms with van der Waals surface area (Å²) in [5, 5.41) is 1.68. The first-order valence-electron chi connectivity index (χ1n) is 13.4. The van der Waals surface area contributed by atoms with Crippen molar-refractivity contribution >= 4 is 39.5 Å². The van der Waals surface area contributed by atoms with Gasteiger partial charge in [0.05, 0.1) is 5.39 Å². The van der Waals surface area contributed by atoms with E-state index in [1.165, 1.54) is 6.92 Å². The van der Waals surface area contributed by atoms with E-state index in [0.717, 1.165) is 64.2 Å². The van der Waals surface area contributed by atoms with Crippen molar-refractivity contribution in [2.45, 2.75) is 97.8 Å². The number of unbranched alkanes of at least 4 members (excludes halogenated alkanes) is 8. The average Bonchev–Trinajstić information content (AvgIpc) is 3.31. The first kappa shape index (κ1) is 27.4. The van der Waals surface area contributed by atoms with E-state index in [2.05, 4.69) is 13.8 Å². The largest absolute Gasteiger partial charge is 0.449 e. The third-order valence-electron chi connectivity index (χ3n) is 6.35. The van der Waals surface area contributed by atoms with Crippen molar-refractivity contribution in [1.29, 1.82) is 0 Å². The highest BCUT2D eigenvalue weighted by Crippen LogP contribution is 2.44. The van der Waals surface area contributed by atoms with Crippen LogP contribution in [0.2, 0.25) is 0 Å². The zero-order valence-corrected chi connectivity index (χ0v) is 21.8. The Labute approximate surface area is 213 Å². The van der Waals surface area contributed by atoms with Gasteiger partial charge < -0.3 is 13.9 Å². The molecule has 1 heterocycles. The van der Waals surface area contributed by atoms with E-state index in [9.17, 15) is 14.4 Å². The number of carbonyl (C=O) groups excluding carboxylic acids is 3. The van der Waals surface area contributed by atoms with Crippen molar-refractivity contribution in [3.63, 3.8) is 0 Å². The summed E-state index contributed by atoms with van der Waals surface area (Å²) in [7, 11) is 0. The van der Waals surface area contributed by atoms with Gasteiger partial charge in [-0.25, -0.2) is 0 Å². The lowest BCUT2D eigenvalue weighted by atomic mass is 10.0. The van der Waals surface area contributed by atoms with Crippen LogP contribution in [0, 0.1) is 0 Å². The number of rotatable bonds is 15. The molecular formula is C30H38O6. The minimum atomic E-state index is -0.351. The van der Waals surface area contributed by atoms with Gasteiger partial charge in [0.2, 0.25) is 0 Å². The van der Waals surface area contributed by atoms with Crippen molar-refractivity contribution in [2.75, 3.05) is 0 Å². The Morgan fingerprint density at radius 2 is 1.19 bits per heavy atom. The van der Waals surface area contributed by atoms with Gasteiger partial charge in [0, 0.05) is 30.5 Å². The molecule has 0 spiro atoms. The van der Waals surface area contributed by atoms with Crippen molar-refractivity contribution in [2.24, 2.45) is 0 Å². The third-order valence-corrected chi connectivity index (χ3v) is 6.35. The van der Waals surface area contributed by atoms with Crippen LogP contribution in [-0.4, -0.2) is 17.7 Å². The van der Waals surface area contributed by atoms with Crippen molar-refractivity contribution in [3.8, 4) is 11.5 Å². The van der Waals surface area contributed by atoms with E-state index < -0.39 is 0 Å². The van der Waals surface area contributed by atoms with E-state index in [4.69, 9.17) is 13.9 Å². The lowest BCUT2D eigenvalue weighted by Gasteiger charge is -2.13. The average molecular weight is 495 g/mol. The molecule has 0 fully saturated rings. The summed E-state index contributed by atoms with van der Waals surface area (Å²) in [6.45, 7) is 5.71. The summed E-state index contributed by atoms with van der Waals surface area (Å²) < 4.78 is 17.5. The predicted molar refractivity (Wildman–Crippen MR) is 142 cm³/mol. The van der Waals surface area contributed by atoms with Crippen molar-refractivity contribution in [1.82, 2.24) is 0 Å². The second-order valence-electron chi connectivity index (χ2n) is 9.39. The second kappa shape index (κ2) is 13.8. The first-order valence-corrected chi connectivity index (χ1v) is 13.4. The topological polar surface area (TPSA) is 82.8 Å². The van der Waals surface area contributed by atoms with Crippen LogP contribution < -0.4 is 9.47 Å². The lowest BCUT2D eigenvalue weighted by molar-refractivity contribution is -0.135. The molecule has 0 saturated carbocycles. The van der Waals surface area contributed by atoms with Gasteiger partial charge in [0.1, 0.15) is 5.75 Å². The molecule has 1 aromatic heterocycles. The van der Waals surface area contributed by atoms with Crippen LogP contribution >= 0.6 is 0 Å². The molecule has 0 radical (unpaired) electrons. The number of hydrogen-bond acceptors (Lipinski definition) is 6. The minimum absolute atomic E-state index is 0.119. The fraction of sp³-hybridized carbons (Fsp3) is 0.500. The SMILES string of the molecule is CCCCCCCC(=O)Oc1c2ccccc2c(OC(=O)CCCCCCC)c2oc(C(C)=O)cc12. The molecule has 2 aromatic carbocycles. The number of carbonyl (C=O) groups is 3. The number of ketones is 1. The normalized spacial score (nSPS) is 11.2. The maximum atomic E-state index is 12.7. The smallest absolute Gasteiger partial charge is 0.311 e. The first-order chi connectivity index (χ1) is 17.5. The second-order valence-corrected chi connectivity index (χ2v) is 9.39. The minimum Gasteiger partial charge on any atom is -0.449 e. The molecule has 0 N–H and O–H groups in total. The molecular weight excluding hydrogens is 456 g/mol. The number of Topliss-reactive ketones (excluding diaryl/α,β-unsaturated/α-hetero) is 1. The van der Waals surface area contributed by atoms with E-state index in [-0.39, 0.29) is 34.8 Å². The van der Waals surface area contributed by atoms with Gasteiger partial charge in [-0.15, -0.1) is 0 Å². The number of hydrogen-bond donors (Lipinski definition) is 0. The standard InChI is InChI=1S/C30H38O6/c1-4-6-8-10-12-18-26(32)35-28-22-16-14-15-17-23(22)29(30-24(28)20-25(34-30)21(3)31)36-27(33)19-13-11-9-7-5-2/h14-17,20H,4-13,18-19H2,1-3H3. The Balaban J connectivity index is 1.91. The summed E-state index contributed by atoms with van der Waals surface area (Å²) in [6.07, 6.45) is 10.9. The molecule has 3 rings (SSSR count). The highest BCUT2D eigenvalue weighted by molar-refractivity contribution is 6.12. The number of benzene rings is 2. The molecule has 0 aliphatic heterocycles. The molecule has 0 aliphatic rings. The molecule has 36 heavy (non-hydrogen) atoms. The molecule has 6 nitrogen and oxygen atoms in total. The number of furan rings is 1. The summed E-state index contributed by atoms with van der Waals surface area (Å²) in [5.74, 6) is -0.248. The Kier molecular flexibility index (Phi) is 10.5. The van der Waals surface area contributed by atoms with Crippen molar-refractivity contribution in [3.05, 3.63) is 36.1 Å². The summed E-state index contributed by atoms with van der Waals surface area (Å²) >= 11 is 0. The Morgan fingerprint density at radius 1 is 0.694 bits per heavy atom. The zero-order valence-electron chi connectivity index (χ0n) is 21.8. The molecule has 0 amide bonds. The molecule has 6 heteroatoms. The quantitative estimate of drug-likeness (QED) is 0.0914. The number of esters is 2. The number of ether oxygens (including phenoxy) is 2. The van der Waals surface area contributed by atoms with Gasteiger partial charge in [-0.05, 0) is 18.9 Å². The summed E-state index contributed by atoms with van der Waals surface area (Å²) in [4.78, 5) is 37.6. The van der Waals surface area contributed by atoms with Gasteiger partial charge >= 0.3 is 11.9 Å². The van der Waals surface area contributed by atoms with Crippen molar-refractivity contribution < 1.29 is 28.3 Å². The maximum Gasteiger partial charge on any atom is 0.311 e. The van der Waals surface area contributed by atoms with Gasteiger partial charge in [-0.1, -0.05) is 89.5 Å². The Bertz CT molecular complexity index is 1100. The highest BCUT2D eigenvalue weighted by Gasteiger charge is 2.24. The van der Waals surface area contributed by atoms with Crippen LogP contribution in [0.4, 0.5) is 0 Å². The van der Waals surface area contributed by atoms with Gasteiger partial charge in [0.25, 0.3) is 0 Å². The monoisotopic (exact) mass is 494 g/mol. The van der Waals surface area contributed by atoms with Gasteiger partial charge in [-0.3, -0.25) is 14.4 Å². The molecule has 0 bridgehead atoms. The Morgan fingerprint density at radius 3 is 1.72 bits per heavy atom. The Hall–Kier alpha value is -3.15. The molecule has 0 aliphatic carbocycles. The molecule has 0 saturated heterocycles. The van der Waals surface area contributed by atoms with Crippen LogP contribution in [0.3, 0.4) is 0 Å². The van der Waals surface area contributed by atoms with Crippen LogP contribution in [0.15, 0.2) is 34.7 Å². The van der Waals surface area contributed by atoms with Crippen LogP contribution in [0.1, 0.15) is 108 Å². The fourth-order valence-electron chi connectivity index (χ4n) is 4.34. The van der Waals surface area contributed by atoms with Crippen LogP contribution in [0.25, 0.3) is 21.7 Å². The maximum absolute atomic E-state index is 12.7. The van der Waals surface area contributed by atoms with E-state index in [1.54, 1.807) is 12.1 Å². The summed E-state index contributed by atoms with van der Waals surface area (Å²) in [6, 6.07) is 8.85. The number of fused-ring (bicyclic) bond motifs is 2. The van der Waals surface area contributed by atoms with Gasteiger partial charge in [0.15, 0.2) is 22.9 Å². The van der Waals surface area contributed by atoms with E-state index in [0.29, 0.717) is 34.7 Å². The fourth-order valence-corrected chi connectivity index (χ4v) is 4.34. The lowest BCUT2D eigenvalue weighted by Crippen LogP contribution is -2.10. The molecule has 0 unspecified atom stereocenters. The van der Waals surface area contributed by atoms with Gasteiger partial charge in [-0.2, -0.15) is 0 Å². The van der Waals surface area contributed by atoms with Crippen LogP contribution in [-0.2, 0) is 9.59 Å². The van der Waals surface area contributed by atoms with E-state index in [1.807, 2.05) is 18.2 Å². The van der Waals surface area contributed by atoms with E-state index >= 15 is 0 Å². The third kappa shape index (κ3) is 7.19. The highest BCUT2D eigenvalue weighted by atomic mass is 16.5. The molecule has 194 valence electrons. The molecule has 0 atom stereocenters. The predicted octanol–water partition coefficient (Wildman–Crippen LogP) is 8.32. The molecule has 3 aromatic rings. The zero-order chi connectivity index (χ0) is 25.9.